The molecule has 0 radical (unpaired) electrons. The van der Waals surface area contributed by atoms with Crippen molar-refractivity contribution < 1.29 is 0 Å². The summed E-state index contributed by atoms with van der Waals surface area (Å²) in [5.41, 5.74) is 22.2. The lowest BCUT2D eigenvalue weighted by atomic mass is 9.96. The number of aromatic nitrogens is 10. The molecule has 0 spiro atoms. The van der Waals surface area contributed by atoms with Crippen molar-refractivity contribution in [2.75, 3.05) is 0 Å². The highest BCUT2D eigenvalue weighted by Gasteiger charge is 2.26. The van der Waals surface area contributed by atoms with Crippen molar-refractivity contribution in [1.82, 2.24) is 48.2 Å². The van der Waals surface area contributed by atoms with Gasteiger partial charge in [0.25, 0.3) is 0 Å². The normalized spacial score (nSPS) is 11.8. The fraction of sp³-hybridized carbons (Fsp3) is 0. The number of benzene rings is 15. The highest BCUT2D eigenvalue weighted by atomic mass is 15.1. The Hall–Kier alpha value is -14.5. The van der Waals surface area contributed by atoms with Crippen LogP contribution in [0.4, 0.5) is 0 Å². The molecule has 6 aromatic heterocycles. The third-order valence-electron chi connectivity index (χ3n) is 20.9. The molecule has 0 atom stereocenters. The molecule has 0 aliphatic carbocycles. The van der Waals surface area contributed by atoms with Crippen molar-refractivity contribution >= 4 is 87.2 Å². The fourth-order valence-corrected chi connectivity index (χ4v) is 16.0. The van der Waals surface area contributed by atoms with E-state index in [2.05, 4.69) is 309 Å². The van der Waals surface area contributed by atoms with E-state index in [0.717, 1.165) is 144 Å². The Labute approximate surface area is 609 Å². The number of hydrogen-bond donors (Lipinski definition) is 0. The van der Waals surface area contributed by atoms with Gasteiger partial charge in [0.15, 0.2) is 34.9 Å². The third-order valence-corrected chi connectivity index (χ3v) is 20.9. The van der Waals surface area contributed by atoms with Crippen molar-refractivity contribution in [3.8, 4) is 113 Å². The van der Waals surface area contributed by atoms with E-state index in [4.69, 9.17) is 29.9 Å². The van der Waals surface area contributed by atoms with E-state index >= 15 is 0 Å². The molecule has 494 valence electrons. The first-order valence-electron chi connectivity index (χ1n) is 35.7. The Balaban J connectivity index is 0.773. The summed E-state index contributed by atoms with van der Waals surface area (Å²) in [4.78, 5) is 32.0. The predicted molar refractivity (Wildman–Crippen MR) is 434 cm³/mol. The van der Waals surface area contributed by atoms with Crippen LogP contribution in [0.15, 0.2) is 364 Å². The first kappa shape index (κ1) is 60.3. The molecule has 0 unspecified atom stereocenters. The second-order valence-corrected chi connectivity index (χ2v) is 27.0. The zero-order chi connectivity index (χ0) is 69.8. The lowest BCUT2D eigenvalue weighted by Crippen LogP contribution is -2.04. The van der Waals surface area contributed by atoms with Crippen LogP contribution >= 0.6 is 0 Å². The number of hydrogen-bond acceptors (Lipinski definition) is 6. The molecule has 10 heteroatoms. The maximum atomic E-state index is 5.41. The van der Waals surface area contributed by atoms with Crippen molar-refractivity contribution in [2.45, 2.75) is 0 Å². The quantitative estimate of drug-likeness (QED) is 0.121. The Morgan fingerprint density at radius 3 is 0.717 bits per heavy atom. The van der Waals surface area contributed by atoms with E-state index in [1.54, 1.807) is 0 Å². The molecule has 0 N–H and O–H groups in total. The minimum Gasteiger partial charge on any atom is -0.309 e. The Kier molecular flexibility index (Phi) is 14.0. The highest BCUT2D eigenvalue weighted by molar-refractivity contribution is 6.15. The first-order chi connectivity index (χ1) is 52.6. The van der Waals surface area contributed by atoms with Gasteiger partial charge in [-0.1, -0.05) is 261 Å². The summed E-state index contributed by atoms with van der Waals surface area (Å²) < 4.78 is 9.62. The summed E-state index contributed by atoms with van der Waals surface area (Å²) in [5, 5.41) is 9.36. The smallest absolute Gasteiger partial charge is 0.166 e. The van der Waals surface area contributed by atoms with Gasteiger partial charge in [0.2, 0.25) is 0 Å². The van der Waals surface area contributed by atoms with Crippen LogP contribution in [0.25, 0.3) is 201 Å². The van der Waals surface area contributed by atoms with Crippen molar-refractivity contribution in [1.29, 1.82) is 0 Å². The van der Waals surface area contributed by atoms with E-state index < -0.39 is 0 Å². The van der Waals surface area contributed by atoms with Gasteiger partial charge in [0.05, 0.1) is 55.5 Å². The summed E-state index contributed by atoms with van der Waals surface area (Å²) in [6, 6.07) is 129. The van der Waals surface area contributed by atoms with Crippen molar-refractivity contribution in [3.05, 3.63) is 364 Å². The van der Waals surface area contributed by atoms with Crippen LogP contribution in [-0.2, 0) is 0 Å². The van der Waals surface area contributed by atoms with Crippen LogP contribution < -0.4 is 0 Å². The first-order valence-corrected chi connectivity index (χ1v) is 35.7. The molecular weight excluding hydrogens is 1290 g/mol. The molecular formula is C96H60N10. The second kappa shape index (κ2) is 24.7. The summed E-state index contributed by atoms with van der Waals surface area (Å²) in [6.45, 7) is 0. The SMILES string of the molecule is c1ccc(-c2nc(-c3ccccc3)nc(-c3ccc(-c4cccc(-c5ccc(-c6nc(-c7ccccc7)nc(-c7ccccc7)n6)c(-n6c7ccccc7c7cc(-n8c9ccccc9c9ccccc98)ccc76)c5)c4)cc3-n3c4ccccc4c4cc(-n5c6ccccc6c6ccccc65)ccc43)n2)cc1. The van der Waals surface area contributed by atoms with E-state index in [-0.39, 0.29) is 0 Å². The summed E-state index contributed by atoms with van der Waals surface area (Å²) in [6.07, 6.45) is 0. The monoisotopic (exact) mass is 1350 g/mol. The largest absolute Gasteiger partial charge is 0.309 e. The average molecular weight is 1350 g/mol. The van der Waals surface area contributed by atoms with E-state index in [9.17, 15) is 0 Å². The van der Waals surface area contributed by atoms with Gasteiger partial charge in [-0.25, -0.2) is 29.9 Å². The zero-order valence-electron chi connectivity index (χ0n) is 57.1. The lowest BCUT2D eigenvalue weighted by molar-refractivity contribution is 1.06. The molecule has 6 heterocycles. The standard InChI is InChI=1S/C96H60N10/c1-5-26-61(27-6-1)91-97-92(62-28-7-2-8-29-62)100-95(99-91)77-52-48-67(57-89(77)105-85-46-23-17-40-75(85)79-59-69(50-54-87(79)105)103-81-42-19-13-36-71(81)72-37-14-20-43-82(72)103)65-34-25-35-66(56-65)68-49-53-78(96-101-93(63-30-9-3-10-31-63)98-94(102-96)64-32-11-4-12-33-64)90(58-68)106-86-47-24-18-41-76(86)80-60-70(51-55-88(80)106)104-83-44-21-15-38-73(83)74-39-16-22-45-84(74)104/h1-60H. The minimum atomic E-state index is 0.557. The Morgan fingerprint density at radius 1 is 0.151 bits per heavy atom. The topological polar surface area (TPSA) is 97.1 Å². The van der Waals surface area contributed by atoms with Gasteiger partial charge in [-0.15, -0.1) is 0 Å². The number of rotatable bonds is 12. The molecule has 0 bridgehead atoms. The summed E-state index contributed by atoms with van der Waals surface area (Å²) in [5.74, 6) is 3.46. The molecule has 10 nitrogen and oxygen atoms in total. The van der Waals surface area contributed by atoms with E-state index in [1.165, 1.54) is 21.5 Å². The molecule has 0 amide bonds. The average Bonchev–Trinajstić information content (AvgIpc) is 1.56. The van der Waals surface area contributed by atoms with E-state index in [0.29, 0.717) is 34.9 Å². The maximum absolute atomic E-state index is 5.41. The van der Waals surface area contributed by atoms with Crippen molar-refractivity contribution in [3.63, 3.8) is 0 Å². The zero-order valence-corrected chi connectivity index (χ0v) is 57.1. The molecule has 21 rings (SSSR count). The molecule has 0 saturated heterocycles. The molecule has 21 aromatic rings. The van der Waals surface area contributed by atoms with Crippen molar-refractivity contribution in [2.24, 2.45) is 0 Å². The molecule has 0 aliphatic heterocycles. The summed E-state index contributed by atoms with van der Waals surface area (Å²) in [7, 11) is 0. The molecule has 0 aliphatic rings. The van der Waals surface area contributed by atoms with Gasteiger partial charge in [-0.3, -0.25) is 0 Å². The molecule has 106 heavy (non-hydrogen) atoms. The highest BCUT2D eigenvalue weighted by Crippen LogP contribution is 2.45. The minimum absolute atomic E-state index is 0.557. The van der Waals surface area contributed by atoms with Gasteiger partial charge in [0.1, 0.15) is 0 Å². The lowest BCUT2D eigenvalue weighted by Gasteiger charge is -2.18. The number of fused-ring (bicyclic) bond motifs is 12. The number of nitrogens with zero attached hydrogens (tertiary/aromatic N) is 10. The molecule has 0 saturated carbocycles. The van der Waals surface area contributed by atoms with Crippen LogP contribution in [-0.4, -0.2) is 48.2 Å². The van der Waals surface area contributed by atoms with Crippen LogP contribution in [0.2, 0.25) is 0 Å². The van der Waals surface area contributed by atoms with Crippen LogP contribution in [0, 0.1) is 0 Å². The van der Waals surface area contributed by atoms with Crippen LogP contribution in [0.1, 0.15) is 0 Å². The maximum Gasteiger partial charge on any atom is 0.166 e. The Morgan fingerprint density at radius 2 is 0.396 bits per heavy atom. The number of para-hydroxylation sites is 6. The Bertz CT molecular complexity index is 6430. The predicted octanol–water partition coefficient (Wildman–Crippen LogP) is 23.8. The van der Waals surface area contributed by atoms with Gasteiger partial charge in [-0.05, 0) is 125 Å². The third kappa shape index (κ3) is 9.95. The van der Waals surface area contributed by atoms with Gasteiger partial charge >= 0.3 is 0 Å². The summed E-state index contributed by atoms with van der Waals surface area (Å²) >= 11 is 0. The van der Waals surface area contributed by atoms with Gasteiger partial charge in [-0.2, -0.15) is 0 Å². The van der Waals surface area contributed by atoms with Crippen LogP contribution in [0.5, 0.6) is 0 Å². The van der Waals surface area contributed by atoms with Crippen LogP contribution in [0.3, 0.4) is 0 Å². The van der Waals surface area contributed by atoms with E-state index in [1.807, 2.05) is 72.8 Å². The molecule has 15 aromatic carbocycles. The fourth-order valence-electron chi connectivity index (χ4n) is 16.0. The van der Waals surface area contributed by atoms with Gasteiger partial charge in [0, 0.05) is 87.8 Å². The molecule has 0 fully saturated rings. The van der Waals surface area contributed by atoms with Gasteiger partial charge < -0.3 is 18.3 Å². The second-order valence-electron chi connectivity index (χ2n) is 27.0.